The number of carbonyl (C=O) groups excluding carboxylic acids is 3. The summed E-state index contributed by atoms with van der Waals surface area (Å²) in [4.78, 5) is 40.6. The highest BCUT2D eigenvalue weighted by atomic mass is 16.5. The second-order valence-electron chi connectivity index (χ2n) is 6.39. The molecule has 0 spiro atoms. The first-order chi connectivity index (χ1) is 13.1. The minimum absolute atomic E-state index is 0.123. The number of hydrogen-bond acceptors (Lipinski definition) is 5. The highest BCUT2D eigenvalue weighted by Gasteiger charge is 2.19. The standard InChI is InChI=1S/C20H21N3O4/c1-27-20(26)13-6-4-9-15(12-13)22-19(25)17-11-5-10-16(23-17)18(24)21-14-7-2-3-8-14/h4-6,9-12,14H,2-3,7-8H2,1H3,(H,21,24)(H,22,25). The Balaban J connectivity index is 1.70. The SMILES string of the molecule is COC(=O)c1cccc(NC(=O)c2cccc(C(=O)NC3CCCC3)n2)c1. The molecule has 0 saturated heterocycles. The van der Waals surface area contributed by atoms with Crippen molar-refractivity contribution in [3.05, 3.63) is 59.4 Å². The van der Waals surface area contributed by atoms with Crippen molar-refractivity contribution in [3.63, 3.8) is 0 Å². The summed E-state index contributed by atoms with van der Waals surface area (Å²) in [7, 11) is 1.29. The van der Waals surface area contributed by atoms with Crippen LogP contribution in [0.1, 0.15) is 57.0 Å². The van der Waals surface area contributed by atoms with Gasteiger partial charge in [0.25, 0.3) is 11.8 Å². The van der Waals surface area contributed by atoms with Crippen molar-refractivity contribution >= 4 is 23.5 Å². The monoisotopic (exact) mass is 367 g/mol. The van der Waals surface area contributed by atoms with Gasteiger partial charge in [-0.3, -0.25) is 9.59 Å². The van der Waals surface area contributed by atoms with Crippen molar-refractivity contribution in [2.45, 2.75) is 31.7 Å². The van der Waals surface area contributed by atoms with Crippen molar-refractivity contribution < 1.29 is 19.1 Å². The number of methoxy groups -OCH3 is 1. The second-order valence-corrected chi connectivity index (χ2v) is 6.39. The quantitative estimate of drug-likeness (QED) is 0.792. The predicted octanol–water partition coefficient (Wildman–Crippen LogP) is 2.79. The number of ether oxygens (including phenoxy) is 1. The van der Waals surface area contributed by atoms with Crippen LogP contribution >= 0.6 is 0 Å². The summed E-state index contributed by atoms with van der Waals surface area (Å²) >= 11 is 0. The van der Waals surface area contributed by atoms with Crippen LogP contribution < -0.4 is 10.6 Å². The maximum atomic E-state index is 12.5. The van der Waals surface area contributed by atoms with Crippen molar-refractivity contribution in [3.8, 4) is 0 Å². The molecule has 1 aromatic heterocycles. The average molecular weight is 367 g/mol. The minimum atomic E-state index is -0.491. The van der Waals surface area contributed by atoms with E-state index < -0.39 is 11.9 Å². The van der Waals surface area contributed by atoms with E-state index >= 15 is 0 Å². The molecule has 7 heteroatoms. The number of nitrogens with one attached hydrogen (secondary N) is 2. The summed E-state index contributed by atoms with van der Waals surface area (Å²) in [5, 5.41) is 5.63. The zero-order valence-corrected chi connectivity index (χ0v) is 15.0. The van der Waals surface area contributed by atoms with Gasteiger partial charge >= 0.3 is 5.97 Å². The summed E-state index contributed by atoms with van der Waals surface area (Å²) in [5.74, 6) is -1.23. The van der Waals surface area contributed by atoms with Crippen LogP contribution in [0.15, 0.2) is 42.5 Å². The van der Waals surface area contributed by atoms with Crippen LogP contribution in [0.5, 0.6) is 0 Å². The number of esters is 1. The van der Waals surface area contributed by atoms with Crippen molar-refractivity contribution in [2.75, 3.05) is 12.4 Å². The molecule has 140 valence electrons. The molecule has 3 rings (SSSR count). The molecule has 2 aromatic rings. The number of amides is 2. The van der Waals surface area contributed by atoms with Crippen LogP contribution in [0.3, 0.4) is 0 Å². The number of rotatable bonds is 5. The summed E-state index contributed by atoms with van der Waals surface area (Å²) < 4.78 is 4.67. The van der Waals surface area contributed by atoms with Gasteiger partial charge in [0.1, 0.15) is 11.4 Å². The van der Waals surface area contributed by atoms with Gasteiger partial charge in [-0.25, -0.2) is 9.78 Å². The van der Waals surface area contributed by atoms with E-state index in [1.165, 1.54) is 19.2 Å². The van der Waals surface area contributed by atoms with E-state index in [9.17, 15) is 14.4 Å². The predicted molar refractivity (Wildman–Crippen MR) is 99.7 cm³/mol. The van der Waals surface area contributed by atoms with E-state index in [-0.39, 0.29) is 23.3 Å². The van der Waals surface area contributed by atoms with Crippen molar-refractivity contribution in [2.24, 2.45) is 0 Å². The Bertz CT molecular complexity index is 860. The Hall–Kier alpha value is -3.22. The number of carbonyl (C=O) groups is 3. The Kier molecular flexibility index (Phi) is 5.80. The van der Waals surface area contributed by atoms with Crippen LogP contribution in [0, 0.1) is 0 Å². The minimum Gasteiger partial charge on any atom is -0.465 e. The second kappa shape index (κ2) is 8.44. The van der Waals surface area contributed by atoms with Gasteiger partial charge in [0.2, 0.25) is 0 Å². The highest BCUT2D eigenvalue weighted by molar-refractivity contribution is 6.04. The average Bonchev–Trinajstić information content (AvgIpc) is 3.20. The first kappa shape index (κ1) is 18.6. The Morgan fingerprint density at radius 2 is 1.67 bits per heavy atom. The normalized spacial score (nSPS) is 13.8. The third-order valence-corrected chi connectivity index (χ3v) is 4.45. The van der Waals surface area contributed by atoms with Crippen LogP contribution in [0.2, 0.25) is 0 Å². The van der Waals surface area contributed by atoms with E-state index in [1.807, 2.05) is 0 Å². The van der Waals surface area contributed by atoms with Crippen LogP contribution in [-0.2, 0) is 4.74 Å². The maximum absolute atomic E-state index is 12.5. The maximum Gasteiger partial charge on any atom is 0.337 e. The molecule has 27 heavy (non-hydrogen) atoms. The summed E-state index contributed by atoms with van der Waals surface area (Å²) in [6.45, 7) is 0. The molecule has 1 fully saturated rings. The molecule has 0 aliphatic heterocycles. The summed E-state index contributed by atoms with van der Waals surface area (Å²) in [5.41, 5.74) is 1.09. The first-order valence-corrected chi connectivity index (χ1v) is 8.84. The van der Waals surface area contributed by atoms with E-state index in [0.29, 0.717) is 11.3 Å². The fourth-order valence-corrected chi connectivity index (χ4v) is 3.05. The lowest BCUT2D eigenvalue weighted by molar-refractivity contribution is 0.0600. The molecule has 2 amide bonds. The summed E-state index contributed by atoms with van der Waals surface area (Å²) in [6, 6.07) is 11.3. The largest absolute Gasteiger partial charge is 0.465 e. The van der Waals surface area contributed by atoms with E-state index in [4.69, 9.17) is 0 Å². The molecule has 1 heterocycles. The van der Waals surface area contributed by atoms with Gasteiger partial charge in [-0.1, -0.05) is 25.0 Å². The van der Waals surface area contributed by atoms with Gasteiger partial charge < -0.3 is 15.4 Å². The zero-order valence-electron chi connectivity index (χ0n) is 15.0. The first-order valence-electron chi connectivity index (χ1n) is 8.84. The fraction of sp³-hybridized carbons (Fsp3) is 0.300. The number of benzene rings is 1. The summed E-state index contributed by atoms with van der Waals surface area (Å²) in [6.07, 6.45) is 4.18. The topological polar surface area (TPSA) is 97.4 Å². The molecule has 0 radical (unpaired) electrons. The number of aromatic nitrogens is 1. The Morgan fingerprint density at radius 1 is 1.00 bits per heavy atom. The lowest BCUT2D eigenvalue weighted by atomic mass is 10.2. The van der Waals surface area contributed by atoms with E-state index in [2.05, 4.69) is 20.4 Å². The number of anilines is 1. The smallest absolute Gasteiger partial charge is 0.337 e. The van der Waals surface area contributed by atoms with Gasteiger partial charge in [0.05, 0.1) is 12.7 Å². The number of hydrogen-bond donors (Lipinski definition) is 2. The van der Waals surface area contributed by atoms with E-state index in [1.54, 1.807) is 30.3 Å². The van der Waals surface area contributed by atoms with Crippen molar-refractivity contribution in [1.82, 2.24) is 10.3 Å². The third-order valence-electron chi connectivity index (χ3n) is 4.45. The molecule has 1 aromatic carbocycles. The molecule has 0 bridgehead atoms. The number of nitrogens with zero attached hydrogens (tertiary/aromatic N) is 1. The van der Waals surface area contributed by atoms with Gasteiger partial charge in [0.15, 0.2) is 0 Å². The molecule has 1 saturated carbocycles. The third kappa shape index (κ3) is 4.69. The van der Waals surface area contributed by atoms with Gasteiger partial charge in [-0.2, -0.15) is 0 Å². The number of pyridine rings is 1. The Labute approximate surface area is 157 Å². The van der Waals surface area contributed by atoms with Gasteiger partial charge in [-0.15, -0.1) is 0 Å². The molecule has 0 atom stereocenters. The molecular formula is C20H21N3O4. The lowest BCUT2D eigenvalue weighted by Gasteiger charge is -2.12. The van der Waals surface area contributed by atoms with Crippen LogP contribution in [0.25, 0.3) is 0 Å². The van der Waals surface area contributed by atoms with Crippen LogP contribution in [-0.4, -0.2) is 35.9 Å². The van der Waals surface area contributed by atoms with Crippen LogP contribution in [0.4, 0.5) is 5.69 Å². The molecule has 0 unspecified atom stereocenters. The zero-order chi connectivity index (χ0) is 19.2. The Morgan fingerprint density at radius 3 is 2.37 bits per heavy atom. The molecule has 7 nitrogen and oxygen atoms in total. The van der Waals surface area contributed by atoms with Gasteiger partial charge in [-0.05, 0) is 43.2 Å². The molecular weight excluding hydrogens is 346 g/mol. The highest BCUT2D eigenvalue weighted by Crippen LogP contribution is 2.18. The van der Waals surface area contributed by atoms with E-state index in [0.717, 1.165) is 25.7 Å². The van der Waals surface area contributed by atoms with Gasteiger partial charge in [0, 0.05) is 11.7 Å². The fourth-order valence-electron chi connectivity index (χ4n) is 3.05. The molecule has 2 N–H and O–H groups in total. The van der Waals surface area contributed by atoms with Crippen molar-refractivity contribution in [1.29, 1.82) is 0 Å². The molecule has 1 aliphatic rings. The molecule has 1 aliphatic carbocycles. The lowest BCUT2D eigenvalue weighted by Crippen LogP contribution is -2.33.